The number of carbonyl (C=O) groups is 1. The lowest BCUT2D eigenvalue weighted by Crippen LogP contribution is -2.48. The van der Waals surface area contributed by atoms with Crippen molar-refractivity contribution in [1.82, 2.24) is 20.2 Å². The molecule has 2 aliphatic rings. The smallest absolute Gasteiger partial charge is 0.255 e. The molecule has 0 atom stereocenters. The summed E-state index contributed by atoms with van der Waals surface area (Å²) in [4.78, 5) is 29.1. The Morgan fingerprint density at radius 3 is 2.46 bits per heavy atom. The van der Waals surface area contributed by atoms with Crippen LogP contribution in [-0.2, 0) is 0 Å². The van der Waals surface area contributed by atoms with Gasteiger partial charge in [-0.2, -0.15) is 0 Å². The second kappa shape index (κ2) is 10.5. The summed E-state index contributed by atoms with van der Waals surface area (Å²) in [6.45, 7) is 8.96. The Morgan fingerprint density at radius 2 is 1.74 bits per heavy atom. The SMILES string of the molecule is COc1ccc(N2CCN(CCNC(=O)c3c(C)oc4ncnc(N5CCCCC5)c34)CC2)cc1. The van der Waals surface area contributed by atoms with Crippen molar-refractivity contribution in [3.63, 3.8) is 0 Å². The third-order valence-electron chi connectivity index (χ3n) is 7.05. The number of carbonyl (C=O) groups excluding carboxylic acids is 1. The number of amides is 1. The van der Waals surface area contributed by atoms with Gasteiger partial charge in [0.1, 0.15) is 23.7 Å². The molecular formula is C26H34N6O3. The molecule has 5 rings (SSSR count). The molecule has 4 heterocycles. The number of anilines is 2. The van der Waals surface area contributed by atoms with E-state index in [2.05, 4.69) is 42.1 Å². The third kappa shape index (κ3) is 5.05. The summed E-state index contributed by atoms with van der Waals surface area (Å²) in [6.07, 6.45) is 5.03. The summed E-state index contributed by atoms with van der Waals surface area (Å²) >= 11 is 0. The number of methoxy groups -OCH3 is 1. The molecule has 9 nitrogen and oxygen atoms in total. The number of fused-ring (bicyclic) bond motifs is 1. The molecule has 1 amide bonds. The number of aromatic nitrogens is 2. The largest absolute Gasteiger partial charge is 0.497 e. The first-order chi connectivity index (χ1) is 17.1. The van der Waals surface area contributed by atoms with Gasteiger partial charge in [0.2, 0.25) is 5.71 Å². The van der Waals surface area contributed by atoms with E-state index >= 15 is 0 Å². The Bertz CT molecular complexity index is 1150. The van der Waals surface area contributed by atoms with Crippen LogP contribution in [0.3, 0.4) is 0 Å². The zero-order chi connectivity index (χ0) is 24.2. The number of rotatable bonds is 7. The van der Waals surface area contributed by atoms with Crippen molar-refractivity contribution < 1.29 is 13.9 Å². The normalized spacial score (nSPS) is 17.1. The van der Waals surface area contributed by atoms with Crippen LogP contribution in [-0.4, -0.2) is 80.2 Å². The number of piperidine rings is 1. The highest BCUT2D eigenvalue weighted by Gasteiger charge is 2.26. The summed E-state index contributed by atoms with van der Waals surface area (Å²) < 4.78 is 11.1. The average molecular weight is 479 g/mol. The molecule has 2 saturated heterocycles. The minimum absolute atomic E-state index is 0.119. The van der Waals surface area contributed by atoms with Gasteiger partial charge in [0, 0.05) is 58.0 Å². The van der Waals surface area contributed by atoms with Crippen LogP contribution in [0.25, 0.3) is 11.1 Å². The van der Waals surface area contributed by atoms with Gasteiger partial charge in [0.25, 0.3) is 5.91 Å². The number of hydrogen-bond donors (Lipinski definition) is 1. The van der Waals surface area contributed by atoms with Gasteiger partial charge in [-0.05, 0) is 50.5 Å². The topological polar surface area (TPSA) is 87.0 Å². The maximum atomic E-state index is 13.2. The summed E-state index contributed by atoms with van der Waals surface area (Å²) in [5, 5.41) is 3.84. The fraction of sp³-hybridized carbons (Fsp3) is 0.500. The van der Waals surface area contributed by atoms with Gasteiger partial charge in [0.15, 0.2) is 0 Å². The molecule has 0 saturated carbocycles. The quantitative estimate of drug-likeness (QED) is 0.555. The number of hydrogen-bond acceptors (Lipinski definition) is 8. The van der Waals surface area contributed by atoms with Crippen molar-refractivity contribution in [2.24, 2.45) is 0 Å². The average Bonchev–Trinajstić information content (AvgIpc) is 3.25. The van der Waals surface area contributed by atoms with E-state index in [-0.39, 0.29) is 5.91 Å². The highest BCUT2D eigenvalue weighted by Crippen LogP contribution is 2.32. The fourth-order valence-electron chi connectivity index (χ4n) is 5.09. The number of nitrogens with zero attached hydrogens (tertiary/aromatic N) is 5. The van der Waals surface area contributed by atoms with E-state index in [1.54, 1.807) is 7.11 Å². The van der Waals surface area contributed by atoms with Crippen molar-refractivity contribution in [3.8, 4) is 5.75 Å². The van der Waals surface area contributed by atoms with Gasteiger partial charge >= 0.3 is 0 Å². The molecular weight excluding hydrogens is 444 g/mol. The Labute approximate surface area is 206 Å². The van der Waals surface area contributed by atoms with Crippen molar-refractivity contribution in [2.75, 3.05) is 69.3 Å². The van der Waals surface area contributed by atoms with Crippen LogP contribution in [0.15, 0.2) is 35.0 Å². The van der Waals surface area contributed by atoms with Crippen molar-refractivity contribution in [2.45, 2.75) is 26.2 Å². The number of nitrogens with one attached hydrogen (secondary N) is 1. The molecule has 2 aliphatic heterocycles. The van der Waals surface area contributed by atoms with Crippen LogP contribution in [0.2, 0.25) is 0 Å². The maximum Gasteiger partial charge on any atom is 0.255 e. The molecule has 2 aromatic heterocycles. The van der Waals surface area contributed by atoms with Crippen LogP contribution >= 0.6 is 0 Å². The minimum Gasteiger partial charge on any atom is -0.497 e. The van der Waals surface area contributed by atoms with Crippen LogP contribution in [0, 0.1) is 6.92 Å². The number of benzene rings is 1. The molecule has 35 heavy (non-hydrogen) atoms. The maximum absolute atomic E-state index is 13.2. The number of furan rings is 1. The Kier molecular flexibility index (Phi) is 7.03. The summed E-state index contributed by atoms with van der Waals surface area (Å²) in [5.41, 5.74) is 2.26. The molecule has 2 fully saturated rings. The summed E-state index contributed by atoms with van der Waals surface area (Å²) in [6, 6.07) is 8.21. The molecule has 1 N–H and O–H groups in total. The highest BCUT2D eigenvalue weighted by atomic mass is 16.5. The first-order valence-electron chi connectivity index (χ1n) is 12.5. The molecule has 1 aromatic carbocycles. The van der Waals surface area contributed by atoms with Crippen molar-refractivity contribution >= 4 is 28.5 Å². The molecule has 0 aliphatic carbocycles. The van der Waals surface area contributed by atoms with Crippen LogP contribution in [0.1, 0.15) is 35.4 Å². The second-order valence-electron chi connectivity index (χ2n) is 9.24. The first-order valence-corrected chi connectivity index (χ1v) is 12.5. The molecule has 0 bridgehead atoms. The number of aryl methyl sites for hydroxylation is 1. The lowest BCUT2D eigenvalue weighted by molar-refractivity contribution is 0.0947. The van der Waals surface area contributed by atoms with Crippen molar-refractivity contribution in [1.29, 1.82) is 0 Å². The Hall–Kier alpha value is -3.33. The number of piperazine rings is 1. The van der Waals surface area contributed by atoms with Crippen LogP contribution in [0.5, 0.6) is 5.75 Å². The summed E-state index contributed by atoms with van der Waals surface area (Å²) in [7, 11) is 1.68. The highest BCUT2D eigenvalue weighted by molar-refractivity contribution is 6.10. The van der Waals surface area contributed by atoms with E-state index in [1.165, 1.54) is 18.4 Å². The van der Waals surface area contributed by atoms with E-state index in [1.807, 2.05) is 19.1 Å². The monoisotopic (exact) mass is 478 g/mol. The van der Waals surface area contributed by atoms with E-state index in [0.29, 0.717) is 23.6 Å². The van der Waals surface area contributed by atoms with Crippen molar-refractivity contribution in [3.05, 3.63) is 41.9 Å². The standard InChI is InChI=1S/C26H34N6O3/c1-19-22(23-24(28-18-29-26(23)35-19)32-11-4-3-5-12-32)25(33)27-10-13-30-14-16-31(17-15-30)20-6-8-21(34-2)9-7-20/h6-9,18H,3-5,10-17H2,1-2H3,(H,27,33). The van der Waals surface area contributed by atoms with Gasteiger partial charge in [-0.15, -0.1) is 0 Å². The van der Waals surface area contributed by atoms with Crippen LogP contribution < -0.4 is 19.9 Å². The Balaban J connectivity index is 1.18. The molecule has 0 spiro atoms. The number of ether oxygens (including phenoxy) is 1. The Morgan fingerprint density at radius 1 is 1.00 bits per heavy atom. The zero-order valence-electron chi connectivity index (χ0n) is 20.6. The predicted octanol–water partition coefficient (Wildman–Crippen LogP) is 3.08. The van der Waals surface area contributed by atoms with E-state index in [0.717, 1.165) is 75.6 Å². The van der Waals surface area contributed by atoms with E-state index in [9.17, 15) is 4.79 Å². The predicted molar refractivity (Wildman–Crippen MR) is 137 cm³/mol. The first kappa shape index (κ1) is 23.4. The molecule has 0 radical (unpaired) electrons. The van der Waals surface area contributed by atoms with Crippen LogP contribution in [0.4, 0.5) is 11.5 Å². The lowest BCUT2D eigenvalue weighted by Gasteiger charge is -2.36. The molecule has 186 valence electrons. The minimum atomic E-state index is -0.119. The summed E-state index contributed by atoms with van der Waals surface area (Å²) in [5.74, 6) is 2.15. The lowest BCUT2D eigenvalue weighted by atomic mass is 10.1. The third-order valence-corrected chi connectivity index (χ3v) is 7.05. The van der Waals surface area contributed by atoms with Gasteiger partial charge in [0.05, 0.1) is 18.1 Å². The van der Waals surface area contributed by atoms with E-state index in [4.69, 9.17) is 9.15 Å². The second-order valence-corrected chi connectivity index (χ2v) is 9.24. The van der Waals surface area contributed by atoms with Gasteiger partial charge in [-0.3, -0.25) is 9.69 Å². The van der Waals surface area contributed by atoms with Gasteiger partial charge < -0.3 is 24.3 Å². The molecule has 9 heteroatoms. The van der Waals surface area contributed by atoms with E-state index < -0.39 is 0 Å². The van der Waals surface area contributed by atoms with Gasteiger partial charge in [-0.25, -0.2) is 9.97 Å². The zero-order valence-corrected chi connectivity index (χ0v) is 20.6. The molecule has 0 unspecified atom stereocenters. The molecule has 3 aromatic rings. The fourth-order valence-corrected chi connectivity index (χ4v) is 5.09. The van der Waals surface area contributed by atoms with Gasteiger partial charge in [-0.1, -0.05) is 0 Å².